The fourth-order valence-corrected chi connectivity index (χ4v) is 5.88. The molecule has 0 radical (unpaired) electrons. The molecule has 0 amide bonds. The van der Waals surface area contributed by atoms with Gasteiger partial charge in [-0.3, -0.25) is 0 Å². The monoisotopic (exact) mass is 511 g/mol. The fraction of sp³-hybridized carbons (Fsp3) is 0. The third-order valence-electron chi connectivity index (χ3n) is 7.70. The van der Waals surface area contributed by atoms with E-state index in [9.17, 15) is 5.26 Å². The molecule has 4 heteroatoms. The van der Waals surface area contributed by atoms with E-state index in [0.717, 1.165) is 66.3 Å². The summed E-state index contributed by atoms with van der Waals surface area (Å²) in [5.41, 5.74) is 9.58. The summed E-state index contributed by atoms with van der Waals surface area (Å²) in [6, 6.07) is 44.1. The Hall–Kier alpha value is -5.66. The van der Waals surface area contributed by atoms with Crippen LogP contribution in [0.4, 0.5) is 0 Å². The maximum Gasteiger partial charge on any atom is 0.148 e. The van der Waals surface area contributed by atoms with Crippen molar-refractivity contribution in [3.63, 3.8) is 0 Å². The van der Waals surface area contributed by atoms with Crippen molar-refractivity contribution in [2.24, 2.45) is 0 Å². The van der Waals surface area contributed by atoms with Crippen molar-refractivity contribution in [3.05, 3.63) is 133 Å². The van der Waals surface area contributed by atoms with Gasteiger partial charge in [0.15, 0.2) is 0 Å². The highest BCUT2D eigenvalue weighted by atomic mass is 16.3. The van der Waals surface area contributed by atoms with E-state index >= 15 is 0 Å². The zero-order valence-corrected chi connectivity index (χ0v) is 21.4. The van der Waals surface area contributed by atoms with Crippen LogP contribution >= 0.6 is 0 Å². The Bertz CT molecular complexity index is 2300. The first-order valence-corrected chi connectivity index (χ1v) is 13.2. The van der Waals surface area contributed by atoms with Gasteiger partial charge in [0.2, 0.25) is 0 Å². The summed E-state index contributed by atoms with van der Waals surface area (Å²) >= 11 is 0. The Kier molecular flexibility index (Phi) is 4.85. The minimum absolute atomic E-state index is 0.428. The molecule has 0 bridgehead atoms. The average molecular weight is 512 g/mol. The van der Waals surface area contributed by atoms with E-state index in [0.29, 0.717) is 5.69 Å². The molecule has 5 aromatic carbocycles. The van der Waals surface area contributed by atoms with E-state index < -0.39 is 0 Å². The molecule has 0 atom stereocenters. The second-order valence-electron chi connectivity index (χ2n) is 9.96. The summed E-state index contributed by atoms with van der Waals surface area (Å²) in [6.45, 7) is 0. The molecule has 0 unspecified atom stereocenters. The third kappa shape index (κ3) is 3.35. The molecule has 8 rings (SSSR count). The highest BCUT2D eigenvalue weighted by Gasteiger charge is 2.16. The van der Waals surface area contributed by atoms with E-state index in [4.69, 9.17) is 4.42 Å². The normalized spacial score (nSPS) is 11.5. The van der Waals surface area contributed by atoms with Gasteiger partial charge in [0, 0.05) is 39.0 Å². The second kappa shape index (κ2) is 8.69. The van der Waals surface area contributed by atoms with Crippen molar-refractivity contribution in [1.29, 1.82) is 5.26 Å². The smallest absolute Gasteiger partial charge is 0.148 e. The van der Waals surface area contributed by atoms with Crippen LogP contribution in [0.25, 0.3) is 71.7 Å². The van der Waals surface area contributed by atoms with Crippen molar-refractivity contribution < 1.29 is 4.42 Å². The summed E-state index contributed by atoms with van der Waals surface area (Å²) in [5.74, 6) is 0. The zero-order valence-electron chi connectivity index (χ0n) is 21.4. The van der Waals surface area contributed by atoms with Crippen LogP contribution < -0.4 is 0 Å². The van der Waals surface area contributed by atoms with E-state index in [2.05, 4.69) is 101 Å². The SMILES string of the molecule is N#Cc1ncccc1-c1cccc(-c2cccc(-n3c4ccccc4c4cc5oc6ccccc6c5cc43)c2)c1. The van der Waals surface area contributed by atoms with Gasteiger partial charge in [0.25, 0.3) is 0 Å². The summed E-state index contributed by atoms with van der Waals surface area (Å²) in [5, 5.41) is 14.2. The lowest BCUT2D eigenvalue weighted by atomic mass is 9.98. The van der Waals surface area contributed by atoms with Gasteiger partial charge in [-0.05, 0) is 71.3 Å². The van der Waals surface area contributed by atoms with Crippen molar-refractivity contribution in [2.75, 3.05) is 0 Å². The third-order valence-corrected chi connectivity index (χ3v) is 7.70. The summed E-state index contributed by atoms with van der Waals surface area (Å²) < 4.78 is 8.57. The Morgan fingerprint density at radius 2 is 1.35 bits per heavy atom. The van der Waals surface area contributed by atoms with Gasteiger partial charge in [-0.15, -0.1) is 0 Å². The largest absolute Gasteiger partial charge is 0.456 e. The first kappa shape index (κ1) is 22.3. The number of benzene rings is 5. The number of aromatic nitrogens is 2. The lowest BCUT2D eigenvalue weighted by Gasteiger charge is -2.11. The molecule has 186 valence electrons. The number of rotatable bonds is 3. The van der Waals surface area contributed by atoms with Crippen LogP contribution in [0.2, 0.25) is 0 Å². The van der Waals surface area contributed by atoms with Crippen LogP contribution in [-0.4, -0.2) is 9.55 Å². The van der Waals surface area contributed by atoms with E-state index in [-0.39, 0.29) is 0 Å². The van der Waals surface area contributed by atoms with Crippen LogP contribution in [0.1, 0.15) is 5.69 Å². The molecule has 8 aromatic rings. The number of para-hydroxylation sites is 2. The lowest BCUT2D eigenvalue weighted by molar-refractivity contribution is 0.669. The minimum Gasteiger partial charge on any atom is -0.456 e. The minimum atomic E-state index is 0.428. The molecule has 0 aliphatic carbocycles. The van der Waals surface area contributed by atoms with Crippen LogP contribution in [0.15, 0.2) is 132 Å². The lowest BCUT2D eigenvalue weighted by Crippen LogP contribution is -1.94. The van der Waals surface area contributed by atoms with Crippen LogP contribution in [-0.2, 0) is 0 Å². The average Bonchev–Trinajstić information content (AvgIpc) is 3.55. The standard InChI is InChI=1S/C36H21N3O/c37-22-32-27(14-7-17-38-32)25-10-5-8-23(18-25)24-9-6-11-26(19-24)39-33-15-3-1-12-28(33)30-21-36-31(20-34(30)39)29-13-2-4-16-35(29)40-36/h1-21H. The molecule has 0 spiro atoms. The van der Waals surface area contributed by atoms with Gasteiger partial charge in [-0.25, -0.2) is 4.98 Å². The second-order valence-corrected chi connectivity index (χ2v) is 9.96. The number of furan rings is 1. The van der Waals surface area contributed by atoms with Gasteiger partial charge in [0.05, 0.1) is 11.0 Å². The van der Waals surface area contributed by atoms with E-state index in [1.807, 2.05) is 36.4 Å². The number of pyridine rings is 1. The molecule has 40 heavy (non-hydrogen) atoms. The summed E-state index contributed by atoms with van der Waals surface area (Å²) in [7, 11) is 0. The molecular weight excluding hydrogens is 490 g/mol. The molecule has 0 saturated carbocycles. The molecule has 3 aromatic heterocycles. The van der Waals surface area contributed by atoms with Gasteiger partial charge < -0.3 is 8.98 Å². The molecule has 4 nitrogen and oxygen atoms in total. The number of hydrogen-bond donors (Lipinski definition) is 0. The number of nitriles is 1. The quantitative estimate of drug-likeness (QED) is 0.237. The summed E-state index contributed by atoms with van der Waals surface area (Å²) in [6.07, 6.45) is 1.65. The molecule has 0 saturated heterocycles. The molecular formula is C36H21N3O. The van der Waals surface area contributed by atoms with Crippen molar-refractivity contribution in [1.82, 2.24) is 9.55 Å². The van der Waals surface area contributed by atoms with Gasteiger partial charge >= 0.3 is 0 Å². The summed E-state index contributed by atoms with van der Waals surface area (Å²) in [4.78, 5) is 4.25. The maximum atomic E-state index is 9.57. The molecule has 0 fully saturated rings. The van der Waals surface area contributed by atoms with Crippen LogP contribution in [0.3, 0.4) is 0 Å². The Balaban J connectivity index is 1.34. The molecule has 0 aliphatic heterocycles. The Morgan fingerprint density at radius 1 is 0.575 bits per heavy atom. The van der Waals surface area contributed by atoms with E-state index in [1.165, 1.54) is 5.39 Å². The topological polar surface area (TPSA) is 54.8 Å². The predicted molar refractivity (Wildman–Crippen MR) is 161 cm³/mol. The molecule has 3 heterocycles. The van der Waals surface area contributed by atoms with Crippen LogP contribution in [0.5, 0.6) is 0 Å². The van der Waals surface area contributed by atoms with Crippen LogP contribution in [0, 0.1) is 11.3 Å². The zero-order chi connectivity index (χ0) is 26.6. The highest BCUT2D eigenvalue weighted by molar-refractivity contribution is 6.17. The van der Waals surface area contributed by atoms with Gasteiger partial charge in [-0.2, -0.15) is 5.26 Å². The highest BCUT2D eigenvalue weighted by Crippen LogP contribution is 2.39. The molecule has 0 aliphatic rings. The predicted octanol–water partition coefficient (Wildman–Crippen LogP) is 9.28. The number of fused-ring (bicyclic) bond motifs is 6. The van der Waals surface area contributed by atoms with Crippen molar-refractivity contribution in [2.45, 2.75) is 0 Å². The van der Waals surface area contributed by atoms with Gasteiger partial charge in [0.1, 0.15) is 22.9 Å². The fourth-order valence-electron chi connectivity index (χ4n) is 5.88. The molecule has 0 N–H and O–H groups in total. The maximum absolute atomic E-state index is 9.57. The van der Waals surface area contributed by atoms with Gasteiger partial charge in [-0.1, -0.05) is 66.7 Å². The first-order chi connectivity index (χ1) is 19.8. The first-order valence-electron chi connectivity index (χ1n) is 13.2. The number of hydrogen-bond acceptors (Lipinski definition) is 3. The Labute approximate surface area is 230 Å². The van der Waals surface area contributed by atoms with Crippen molar-refractivity contribution in [3.8, 4) is 34.0 Å². The van der Waals surface area contributed by atoms with E-state index in [1.54, 1.807) is 6.20 Å². The van der Waals surface area contributed by atoms with Crippen molar-refractivity contribution >= 4 is 43.7 Å². The number of nitrogens with zero attached hydrogens (tertiary/aromatic N) is 3. The Morgan fingerprint density at radius 3 is 2.25 bits per heavy atom.